The molecule has 0 aromatic heterocycles. The average molecular weight is 292 g/mol. The quantitative estimate of drug-likeness (QED) is 0.702. The second kappa shape index (κ2) is 7.46. The molecule has 3 N–H and O–H groups in total. The van der Waals surface area contributed by atoms with Crippen molar-refractivity contribution in [3.05, 3.63) is 28.8 Å². The minimum absolute atomic E-state index is 0.0811. The van der Waals surface area contributed by atoms with Crippen molar-refractivity contribution in [2.45, 2.75) is 47.5 Å². The molecule has 0 unspecified atom stereocenters. The monoisotopic (exact) mass is 292 g/mol. The molecule has 0 radical (unpaired) electrons. The van der Waals surface area contributed by atoms with Gasteiger partial charge >= 0.3 is 6.03 Å². The van der Waals surface area contributed by atoms with Gasteiger partial charge in [-0.2, -0.15) is 0 Å². The summed E-state index contributed by atoms with van der Waals surface area (Å²) in [5.74, 6) is 0. The van der Waals surface area contributed by atoms with E-state index in [2.05, 4.69) is 22.8 Å². The van der Waals surface area contributed by atoms with Gasteiger partial charge in [-0.05, 0) is 50.2 Å². The summed E-state index contributed by atoms with van der Waals surface area (Å²) in [6.45, 7) is 10.9. The van der Waals surface area contributed by atoms with Crippen LogP contribution in [-0.4, -0.2) is 24.3 Å². The number of rotatable bonds is 6. The lowest BCUT2D eigenvalue weighted by Crippen LogP contribution is -2.31. The van der Waals surface area contributed by atoms with Crippen LogP contribution < -0.4 is 10.6 Å². The van der Waals surface area contributed by atoms with Crippen LogP contribution in [-0.2, 0) is 0 Å². The highest BCUT2D eigenvalue weighted by Crippen LogP contribution is 2.22. The molecule has 21 heavy (non-hydrogen) atoms. The maximum absolute atomic E-state index is 11.9. The topological polar surface area (TPSA) is 61.4 Å². The van der Waals surface area contributed by atoms with Gasteiger partial charge in [0, 0.05) is 18.8 Å². The maximum atomic E-state index is 11.9. The standard InChI is InChI=1S/C17H28N2O2/c1-12-9-13(2)15(14(3)10-12)19-16(21)18-8-6-7-17(4,5)11-20/h9-10,20H,6-8,11H2,1-5H3,(H2,18,19,21). The van der Waals surface area contributed by atoms with Gasteiger partial charge in [0.05, 0.1) is 0 Å². The normalized spacial score (nSPS) is 11.3. The third kappa shape index (κ3) is 5.76. The Morgan fingerprint density at radius 3 is 2.29 bits per heavy atom. The van der Waals surface area contributed by atoms with Gasteiger partial charge < -0.3 is 15.7 Å². The lowest BCUT2D eigenvalue weighted by atomic mass is 9.89. The summed E-state index contributed by atoms with van der Waals surface area (Å²) in [5.41, 5.74) is 4.14. The Kier molecular flexibility index (Phi) is 6.21. The molecule has 0 aliphatic rings. The Morgan fingerprint density at radius 1 is 1.19 bits per heavy atom. The summed E-state index contributed by atoms with van der Waals surface area (Å²) in [4.78, 5) is 11.9. The first kappa shape index (κ1) is 17.5. The number of aliphatic hydroxyl groups excluding tert-OH is 1. The molecule has 4 heteroatoms. The zero-order chi connectivity index (χ0) is 16.0. The SMILES string of the molecule is Cc1cc(C)c(NC(=O)NCCCC(C)(C)CO)c(C)c1. The number of amides is 2. The van der Waals surface area contributed by atoms with Crippen LogP contribution in [0.15, 0.2) is 12.1 Å². The summed E-state index contributed by atoms with van der Waals surface area (Å²) in [6.07, 6.45) is 1.74. The molecule has 0 fully saturated rings. The van der Waals surface area contributed by atoms with Crippen molar-refractivity contribution in [1.82, 2.24) is 5.32 Å². The van der Waals surface area contributed by atoms with Crippen molar-refractivity contribution in [2.24, 2.45) is 5.41 Å². The van der Waals surface area contributed by atoms with Crippen LogP contribution in [0.4, 0.5) is 10.5 Å². The van der Waals surface area contributed by atoms with Crippen molar-refractivity contribution in [2.75, 3.05) is 18.5 Å². The van der Waals surface area contributed by atoms with Gasteiger partial charge in [-0.25, -0.2) is 4.79 Å². The summed E-state index contributed by atoms with van der Waals surface area (Å²) < 4.78 is 0. The van der Waals surface area contributed by atoms with Crippen molar-refractivity contribution >= 4 is 11.7 Å². The third-order valence-electron chi connectivity index (χ3n) is 3.66. The largest absolute Gasteiger partial charge is 0.396 e. The Bertz CT molecular complexity index is 473. The predicted molar refractivity (Wildman–Crippen MR) is 87.8 cm³/mol. The lowest BCUT2D eigenvalue weighted by molar-refractivity contribution is 0.148. The number of benzene rings is 1. The van der Waals surface area contributed by atoms with E-state index in [1.165, 1.54) is 5.56 Å². The Morgan fingerprint density at radius 2 is 1.76 bits per heavy atom. The summed E-state index contributed by atoms with van der Waals surface area (Å²) in [6, 6.07) is 3.95. The number of urea groups is 1. The number of nitrogens with one attached hydrogen (secondary N) is 2. The van der Waals surface area contributed by atoms with E-state index in [0.717, 1.165) is 29.7 Å². The van der Waals surface area contributed by atoms with Gasteiger partial charge in [-0.1, -0.05) is 31.5 Å². The van der Waals surface area contributed by atoms with E-state index >= 15 is 0 Å². The predicted octanol–water partition coefficient (Wildman–Crippen LogP) is 3.53. The maximum Gasteiger partial charge on any atom is 0.319 e. The fraction of sp³-hybridized carbons (Fsp3) is 0.588. The molecular weight excluding hydrogens is 264 g/mol. The first-order valence-corrected chi connectivity index (χ1v) is 7.49. The highest BCUT2D eigenvalue weighted by molar-refractivity contribution is 5.91. The number of aliphatic hydroxyl groups is 1. The van der Waals surface area contributed by atoms with E-state index in [4.69, 9.17) is 0 Å². The zero-order valence-corrected chi connectivity index (χ0v) is 13.8. The van der Waals surface area contributed by atoms with Crippen LogP contribution in [0.1, 0.15) is 43.4 Å². The number of hydrogen-bond acceptors (Lipinski definition) is 2. The van der Waals surface area contributed by atoms with E-state index in [1.54, 1.807) is 0 Å². The lowest BCUT2D eigenvalue weighted by Gasteiger charge is -2.21. The molecule has 0 atom stereocenters. The molecule has 4 nitrogen and oxygen atoms in total. The molecule has 2 amide bonds. The van der Waals surface area contributed by atoms with Crippen LogP contribution in [0.5, 0.6) is 0 Å². The minimum atomic E-state index is -0.174. The number of aryl methyl sites for hydroxylation is 3. The molecule has 1 aromatic carbocycles. The van der Waals surface area contributed by atoms with Crippen molar-refractivity contribution in [3.8, 4) is 0 Å². The van der Waals surface area contributed by atoms with Crippen molar-refractivity contribution < 1.29 is 9.90 Å². The Labute approximate surface area is 128 Å². The first-order chi connectivity index (χ1) is 9.75. The van der Waals surface area contributed by atoms with E-state index in [1.807, 2.05) is 34.6 Å². The molecule has 1 aromatic rings. The van der Waals surface area contributed by atoms with Crippen LogP contribution in [0.2, 0.25) is 0 Å². The summed E-state index contributed by atoms with van der Waals surface area (Å²) in [7, 11) is 0. The van der Waals surface area contributed by atoms with E-state index in [0.29, 0.717) is 6.54 Å². The summed E-state index contributed by atoms with van der Waals surface area (Å²) in [5, 5.41) is 15.0. The fourth-order valence-corrected chi connectivity index (χ4v) is 2.38. The second-order valence-electron chi connectivity index (χ2n) is 6.58. The molecule has 0 heterocycles. The number of hydrogen-bond donors (Lipinski definition) is 3. The number of carbonyl (C=O) groups excluding carboxylic acids is 1. The van der Waals surface area contributed by atoms with E-state index < -0.39 is 0 Å². The average Bonchev–Trinajstić information content (AvgIpc) is 2.39. The molecular formula is C17H28N2O2. The van der Waals surface area contributed by atoms with Gasteiger partial charge in [0.2, 0.25) is 0 Å². The van der Waals surface area contributed by atoms with Gasteiger partial charge in [0.25, 0.3) is 0 Å². The van der Waals surface area contributed by atoms with Crippen molar-refractivity contribution in [3.63, 3.8) is 0 Å². The molecule has 0 saturated carbocycles. The number of carbonyl (C=O) groups is 1. The van der Waals surface area contributed by atoms with Gasteiger partial charge in [0.1, 0.15) is 0 Å². The van der Waals surface area contributed by atoms with E-state index in [9.17, 15) is 9.90 Å². The molecule has 0 saturated heterocycles. The Hall–Kier alpha value is -1.55. The summed E-state index contributed by atoms with van der Waals surface area (Å²) >= 11 is 0. The molecule has 118 valence electrons. The number of anilines is 1. The smallest absolute Gasteiger partial charge is 0.319 e. The molecule has 0 bridgehead atoms. The zero-order valence-electron chi connectivity index (χ0n) is 13.8. The second-order valence-corrected chi connectivity index (χ2v) is 6.58. The molecule has 0 aliphatic carbocycles. The van der Waals surface area contributed by atoms with Crippen LogP contribution in [0.3, 0.4) is 0 Å². The van der Waals surface area contributed by atoms with Crippen molar-refractivity contribution in [1.29, 1.82) is 0 Å². The minimum Gasteiger partial charge on any atom is -0.396 e. The highest BCUT2D eigenvalue weighted by Gasteiger charge is 2.15. The van der Waals surface area contributed by atoms with Crippen LogP contribution >= 0.6 is 0 Å². The van der Waals surface area contributed by atoms with Gasteiger partial charge in [0.15, 0.2) is 0 Å². The molecule has 0 spiro atoms. The first-order valence-electron chi connectivity index (χ1n) is 7.49. The van der Waals surface area contributed by atoms with Gasteiger partial charge in [-0.15, -0.1) is 0 Å². The third-order valence-corrected chi connectivity index (χ3v) is 3.66. The fourth-order valence-electron chi connectivity index (χ4n) is 2.38. The van der Waals surface area contributed by atoms with Crippen LogP contribution in [0, 0.1) is 26.2 Å². The van der Waals surface area contributed by atoms with Crippen LogP contribution in [0.25, 0.3) is 0 Å². The molecule has 0 aliphatic heterocycles. The van der Waals surface area contributed by atoms with Gasteiger partial charge in [-0.3, -0.25) is 0 Å². The highest BCUT2D eigenvalue weighted by atomic mass is 16.3. The Balaban J connectivity index is 2.45. The van der Waals surface area contributed by atoms with E-state index in [-0.39, 0.29) is 18.1 Å². The molecule has 1 rings (SSSR count).